The van der Waals surface area contributed by atoms with Crippen molar-refractivity contribution in [2.75, 3.05) is 0 Å². The molecule has 0 fully saturated rings. The van der Waals surface area contributed by atoms with Crippen LogP contribution in [0.15, 0.2) is 4.52 Å². The summed E-state index contributed by atoms with van der Waals surface area (Å²) < 4.78 is 4.89. The van der Waals surface area contributed by atoms with Crippen LogP contribution in [0.1, 0.15) is 38.9 Å². The predicted molar refractivity (Wildman–Crippen MR) is 46.8 cm³/mol. The summed E-state index contributed by atoms with van der Waals surface area (Å²) in [5, 5.41) is 3.86. The zero-order valence-electron chi connectivity index (χ0n) is 8.22. The average molecular weight is 168 g/mol. The van der Waals surface area contributed by atoms with Gasteiger partial charge in [-0.25, -0.2) is 0 Å². The van der Waals surface area contributed by atoms with Gasteiger partial charge in [0.1, 0.15) is 0 Å². The minimum atomic E-state index is 0.274. The quantitative estimate of drug-likeness (QED) is 0.695. The lowest BCUT2D eigenvalue weighted by Gasteiger charge is -2.19. The smallest absolute Gasteiger partial charge is 0.223 e. The molecule has 1 heterocycles. The van der Waals surface area contributed by atoms with Crippen LogP contribution in [-0.2, 0) is 6.42 Å². The minimum absolute atomic E-state index is 0.274. The van der Waals surface area contributed by atoms with Gasteiger partial charge in [0.05, 0.1) is 0 Å². The Bertz CT molecular complexity index is 253. The Kier molecular flexibility index (Phi) is 2.50. The molecule has 68 valence electrons. The Morgan fingerprint density at radius 1 is 1.42 bits per heavy atom. The van der Waals surface area contributed by atoms with E-state index in [0.717, 1.165) is 18.7 Å². The molecule has 0 aliphatic carbocycles. The van der Waals surface area contributed by atoms with Crippen molar-refractivity contribution in [1.29, 1.82) is 0 Å². The minimum Gasteiger partial charge on any atom is -0.340 e. The molecule has 1 aromatic rings. The van der Waals surface area contributed by atoms with Crippen molar-refractivity contribution in [3.05, 3.63) is 11.7 Å². The van der Waals surface area contributed by atoms with E-state index in [1.807, 2.05) is 6.92 Å². The summed E-state index contributed by atoms with van der Waals surface area (Å²) in [6.07, 6.45) is 2.02. The largest absolute Gasteiger partial charge is 0.340 e. The molecule has 0 N–H and O–H groups in total. The lowest BCUT2D eigenvalue weighted by molar-refractivity contribution is 0.327. The van der Waals surface area contributed by atoms with E-state index in [1.165, 1.54) is 0 Å². The molecule has 3 heteroatoms. The third-order valence-corrected chi connectivity index (χ3v) is 2.16. The molecule has 0 spiro atoms. The summed E-state index contributed by atoms with van der Waals surface area (Å²) in [4.78, 5) is 4.17. The molecule has 1 aromatic heterocycles. The molecule has 0 unspecified atom stereocenters. The lowest BCUT2D eigenvalue weighted by Crippen LogP contribution is -2.14. The van der Waals surface area contributed by atoms with Crippen molar-refractivity contribution in [2.45, 2.75) is 40.5 Å². The SMILES string of the molecule is CCC(C)(C)Cc1noc(C)n1. The maximum atomic E-state index is 4.89. The van der Waals surface area contributed by atoms with Crippen LogP contribution in [0.25, 0.3) is 0 Å². The Morgan fingerprint density at radius 3 is 2.50 bits per heavy atom. The van der Waals surface area contributed by atoms with Gasteiger partial charge in [0.25, 0.3) is 0 Å². The molecule has 1 rings (SSSR count). The van der Waals surface area contributed by atoms with Crippen molar-refractivity contribution in [1.82, 2.24) is 10.1 Å². The van der Waals surface area contributed by atoms with Crippen molar-refractivity contribution in [2.24, 2.45) is 5.41 Å². The van der Waals surface area contributed by atoms with E-state index in [4.69, 9.17) is 4.52 Å². The van der Waals surface area contributed by atoms with Crippen LogP contribution in [0, 0.1) is 12.3 Å². The number of aromatic nitrogens is 2. The van der Waals surface area contributed by atoms with Crippen LogP contribution in [0.2, 0.25) is 0 Å². The molecular weight excluding hydrogens is 152 g/mol. The summed E-state index contributed by atoms with van der Waals surface area (Å²) in [5.41, 5.74) is 0.274. The molecule has 0 saturated heterocycles. The zero-order chi connectivity index (χ0) is 9.19. The van der Waals surface area contributed by atoms with Crippen molar-refractivity contribution in [3.8, 4) is 0 Å². The molecular formula is C9H16N2O. The standard InChI is InChI=1S/C9H16N2O/c1-5-9(3,4)6-8-10-7(2)12-11-8/h5-6H2,1-4H3. The number of aryl methyl sites for hydroxylation is 1. The fourth-order valence-electron chi connectivity index (χ4n) is 0.966. The van der Waals surface area contributed by atoms with Crippen molar-refractivity contribution < 1.29 is 4.52 Å². The number of nitrogens with zero attached hydrogens (tertiary/aromatic N) is 2. The summed E-state index contributed by atoms with van der Waals surface area (Å²) in [6, 6.07) is 0. The third kappa shape index (κ3) is 2.32. The van der Waals surface area contributed by atoms with Gasteiger partial charge in [0.15, 0.2) is 5.82 Å². The van der Waals surface area contributed by atoms with Gasteiger partial charge in [-0.05, 0) is 5.41 Å². The molecule has 0 amide bonds. The Morgan fingerprint density at radius 2 is 2.08 bits per heavy atom. The van der Waals surface area contributed by atoms with E-state index < -0.39 is 0 Å². The topological polar surface area (TPSA) is 38.9 Å². The van der Waals surface area contributed by atoms with Crippen LogP contribution in [0.5, 0.6) is 0 Å². The molecule has 0 bridgehead atoms. The monoisotopic (exact) mass is 168 g/mol. The van der Waals surface area contributed by atoms with Crippen molar-refractivity contribution >= 4 is 0 Å². The predicted octanol–water partition coefficient (Wildman–Crippen LogP) is 2.36. The highest BCUT2D eigenvalue weighted by atomic mass is 16.5. The number of hydrogen-bond donors (Lipinski definition) is 0. The maximum Gasteiger partial charge on any atom is 0.223 e. The summed E-state index contributed by atoms with van der Waals surface area (Å²) in [7, 11) is 0. The first-order valence-electron chi connectivity index (χ1n) is 4.33. The van der Waals surface area contributed by atoms with Crippen LogP contribution in [0.3, 0.4) is 0 Å². The highest BCUT2D eigenvalue weighted by Gasteiger charge is 2.18. The van der Waals surface area contributed by atoms with Crippen LogP contribution in [0.4, 0.5) is 0 Å². The molecule has 0 aromatic carbocycles. The van der Waals surface area contributed by atoms with E-state index in [9.17, 15) is 0 Å². The van der Waals surface area contributed by atoms with Gasteiger partial charge in [0.2, 0.25) is 5.89 Å². The molecule has 0 radical (unpaired) electrons. The maximum absolute atomic E-state index is 4.89. The lowest BCUT2D eigenvalue weighted by atomic mass is 9.86. The number of rotatable bonds is 3. The first kappa shape index (κ1) is 9.23. The van der Waals surface area contributed by atoms with Crippen LogP contribution < -0.4 is 0 Å². The fraction of sp³-hybridized carbons (Fsp3) is 0.778. The number of hydrogen-bond acceptors (Lipinski definition) is 3. The fourth-order valence-corrected chi connectivity index (χ4v) is 0.966. The van der Waals surface area contributed by atoms with Gasteiger partial charge in [-0.3, -0.25) is 0 Å². The zero-order valence-corrected chi connectivity index (χ0v) is 8.22. The molecule has 3 nitrogen and oxygen atoms in total. The average Bonchev–Trinajstić information content (AvgIpc) is 2.35. The van der Waals surface area contributed by atoms with E-state index in [0.29, 0.717) is 5.89 Å². The second-order valence-electron chi connectivity index (χ2n) is 3.92. The highest BCUT2D eigenvalue weighted by molar-refractivity contribution is 4.89. The molecule has 0 atom stereocenters. The first-order chi connectivity index (χ1) is 5.53. The van der Waals surface area contributed by atoms with Gasteiger partial charge in [-0.1, -0.05) is 32.3 Å². The molecule has 0 saturated carbocycles. The van der Waals surface area contributed by atoms with E-state index >= 15 is 0 Å². The summed E-state index contributed by atoms with van der Waals surface area (Å²) in [5.74, 6) is 1.47. The first-order valence-corrected chi connectivity index (χ1v) is 4.33. The van der Waals surface area contributed by atoms with E-state index in [-0.39, 0.29) is 5.41 Å². The molecule has 0 aliphatic heterocycles. The van der Waals surface area contributed by atoms with Gasteiger partial charge in [-0.2, -0.15) is 4.98 Å². The van der Waals surface area contributed by atoms with E-state index in [2.05, 4.69) is 30.9 Å². The van der Waals surface area contributed by atoms with Crippen LogP contribution in [-0.4, -0.2) is 10.1 Å². The van der Waals surface area contributed by atoms with Crippen LogP contribution >= 0.6 is 0 Å². The Labute approximate surface area is 73.2 Å². The Hall–Kier alpha value is -0.860. The van der Waals surface area contributed by atoms with Gasteiger partial charge in [-0.15, -0.1) is 0 Å². The van der Waals surface area contributed by atoms with Gasteiger partial charge >= 0.3 is 0 Å². The Balaban J connectivity index is 2.63. The normalized spacial score (nSPS) is 12.0. The van der Waals surface area contributed by atoms with E-state index in [1.54, 1.807) is 0 Å². The second-order valence-corrected chi connectivity index (χ2v) is 3.92. The molecule has 12 heavy (non-hydrogen) atoms. The van der Waals surface area contributed by atoms with Crippen molar-refractivity contribution in [3.63, 3.8) is 0 Å². The third-order valence-electron chi connectivity index (χ3n) is 2.16. The van der Waals surface area contributed by atoms with Gasteiger partial charge < -0.3 is 4.52 Å². The second kappa shape index (κ2) is 3.25. The van der Waals surface area contributed by atoms with Gasteiger partial charge in [0, 0.05) is 13.3 Å². The molecule has 0 aliphatic rings. The summed E-state index contributed by atoms with van der Waals surface area (Å²) in [6.45, 7) is 8.40. The highest BCUT2D eigenvalue weighted by Crippen LogP contribution is 2.23. The summed E-state index contributed by atoms with van der Waals surface area (Å²) >= 11 is 0.